The smallest absolute Gasteiger partial charge is 0.410 e. The first-order chi connectivity index (χ1) is 11.7. The second-order valence-corrected chi connectivity index (χ2v) is 7.50. The van der Waals surface area contributed by atoms with Crippen molar-refractivity contribution >= 4 is 6.09 Å². The summed E-state index contributed by atoms with van der Waals surface area (Å²) in [5.41, 5.74) is 0.581. The highest BCUT2D eigenvalue weighted by Crippen LogP contribution is 2.16. The number of amides is 1. The van der Waals surface area contributed by atoms with Crippen molar-refractivity contribution in [3.8, 4) is 5.75 Å². The molecule has 2 rings (SSSR count). The molecule has 6 heteroatoms. The normalized spacial score (nSPS) is 17.2. The molecule has 1 amide bonds. The molecule has 1 aromatic carbocycles. The number of aryl methyl sites for hydroxylation is 1. The molecular weight excluding hydrogens is 320 g/mol. The lowest BCUT2D eigenvalue weighted by Gasteiger charge is -2.36. The van der Waals surface area contributed by atoms with E-state index in [-0.39, 0.29) is 12.7 Å². The van der Waals surface area contributed by atoms with Crippen LogP contribution in [0.5, 0.6) is 5.75 Å². The van der Waals surface area contributed by atoms with E-state index < -0.39 is 11.7 Å². The van der Waals surface area contributed by atoms with Crippen LogP contribution in [0.15, 0.2) is 24.3 Å². The van der Waals surface area contributed by atoms with Crippen LogP contribution in [0, 0.1) is 6.92 Å². The van der Waals surface area contributed by atoms with Crippen LogP contribution in [0.4, 0.5) is 4.79 Å². The average molecular weight is 350 g/mol. The van der Waals surface area contributed by atoms with E-state index >= 15 is 0 Å². The van der Waals surface area contributed by atoms with E-state index in [0.717, 1.165) is 24.4 Å². The monoisotopic (exact) mass is 350 g/mol. The number of hydrogen-bond donors (Lipinski definition) is 1. The van der Waals surface area contributed by atoms with Gasteiger partial charge < -0.3 is 19.5 Å². The van der Waals surface area contributed by atoms with E-state index in [1.807, 2.05) is 52.0 Å². The van der Waals surface area contributed by atoms with E-state index in [9.17, 15) is 9.90 Å². The Bertz CT molecular complexity index is 563. The van der Waals surface area contributed by atoms with Crippen molar-refractivity contribution in [1.29, 1.82) is 0 Å². The van der Waals surface area contributed by atoms with E-state index in [1.54, 1.807) is 4.90 Å². The molecule has 0 radical (unpaired) electrons. The van der Waals surface area contributed by atoms with Crippen LogP contribution in [-0.4, -0.2) is 72.0 Å². The van der Waals surface area contributed by atoms with Gasteiger partial charge in [-0.1, -0.05) is 18.2 Å². The lowest BCUT2D eigenvalue weighted by atomic mass is 10.2. The van der Waals surface area contributed by atoms with Gasteiger partial charge in [0.2, 0.25) is 0 Å². The van der Waals surface area contributed by atoms with Crippen LogP contribution in [0.2, 0.25) is 0 Å². The first kappa shape index (κ1) is 19.5. The topological polar surface area (TPSA) is 62.2 Å². The first-order valence-corrected chi connectivity index (χ1v) is 8.81. The molecule has 140 valence electrons. The number of carbonyl (C=O) groups excluding carboxylic acids is 1. The Morgan fingerprint density at radius 1 is 1.20 bits per heavy atom. The van der Waals surface area contributed by atoms with E-state index in [2.05, 4.69) is 4.90 Å². The Hall–Kier alpha value is -1.79. The molecule has 1 aliphatic heterocycles. The minimum absolute atomic E-state index is 0.261. The Balaban J connectivity index is 1.71. The standard InChI is InChI=1S/C19H30N2O4/c1-15-7-5-6-8-17(15)24-14-16(22)13-20-9-11-21(12-10-20)18(23)25-19(2,3)4/h5-8,16,22H,9-14H2,1-4H3. The van der Waals surface area contributed by atoms with Crippen LogP contribution in [-0.2, 0) is 4.74 Å². The number of benzene rings is 1. The van der Waals surface area contributed by atoms with Gasteiger partial charge in [0, 0.05) is 32.7 Å². The molecule has 6 nitrogen and oxygen atoms in total. The largest absolute Gasteiger partial charge is 0.491 e. The molecule has 1 atom stereocenters. The number of piperazine rings is 1. The molecule has 1 unspecified atom stereocenters. The van der Waals surface area contributed by atoms with Gasteiger partial charge in [-0.2, -0.15) is 0 Å². The first-order valence-electron chi connectivity index (χ1n) is 8.81. The van der Waals surface area contributed by atoms with Gasteiger partial charge in [-0.25, -0.2) is 4.79 Å². The molecule has 0 aromatic heterocycles. The van der Waals surface area contributed by atoms with Gasteiger partial charge in [-0.3, -0.25) is 4.90 Å². The van der Waals surface area contributed by atoms with E-state index in [1.165, 1.54) is 0 Å². The maximum atomic E-state index is 12.0. The third kappa shape index (κ3) is 6.55. The number of ether oxygens (including phenoxy) is 2. The number of hydrogen-bond acceptors (Lipinski definition) is 5. The van der Waals surface area contributed by atoms with Gasteiger partial charge >= 0.3 is 6.09 Å². The summed E-state index contributed by atoms with van der Waals surface area (Å²) in [7, 11) is 0. The van der Waals surface area contributed by atoms with Crippen molar-refractivity contribution in [3.05, 3.63) is 29.8 Å². The van der Waals surface area contributed by atoms with Gasteiger partial charge in [0.1, 0.15) is 24.1 Å². The van der Waals surface area contributed by atoms with Crippen molar-refractivity contribution in [2.75, 3.05) is 39.3 Å². The fraction of sp³-hybridized carbons (Fsp3) is 0.632. The Morgan fingerprint density at radius 3 is 2.44 bits per heavy atom. The molecule has 1 aliphatic rings. The van der Waals surface area contributed by atoms with Gasteiger partial charge in [-0.15, -0.1) is 0 Å². The molecule has 1 heterocycles. The van der Waals surface area contributed by atoms with Crippen LogP contribution in [0.25, 0.3) is 0 Å². The zero-order chi connectivity index (χ0) is 18.4. The number of aliphatic hydroxyl groups is 1. The third-order valence-corrected chi connectivity index (χ3v) is 4.02. The Labute approximate surface area is 150 Å². The molecule has 0 aliphatic carbocycles. The average Bonchev–Trinajstić information content (AvgIpc) is 2.53. The molecule has 25 heavy (non-hydrogen) atoms. The summed E-state index contributed by atoms with van der Waals surface area (Å²) in [6.07, 6.45) is -0.830. The highest BCUT2D eigenvalue weighted by Gasteiger charge is 2.26. The highest BCUT2D eigenvalue weighted by molar-refractivity contribution is 5.68. The molecule has 1 aromatic rings. The van der Waals surface area contributed by atoms with E-state index in [4.69, 9.17) is 9.47 Å². The minimum atomic E-state index is -0.562. The fourth-order valence-electron chi connectivity index (χ4n) is 2.69. The van der Waals surface area contributed by atoms with Crippen molar-refractivity contribution in [1.82, 2.24) is 9.80 Å². The van der Waals surface area contributed by atoms with Crippen LogP contribution >= 0.6 is 0 Å². The molecule has 0 spiro atoms. The Kier molecular flexibility index (Phi) is 6.67. The van der Waals surface area contributed by atoms with Gasteiger partial charge in [-0.05, 0) is 39.3 Å². The molecule has 1 N–H and O–H groups in total. The number of β-amino-alcohol motifs (C(OH)–C–C–N with tert-alkyl or cyclic N) is 1. The van der Waals surface area contributed by atoms with Crippen LogP contribution < -0.4 is 4.74 Å². The summed E-state index contributed by atoms with van der Waals surface area (Å²) in [4.78, 5) is 15.9. The van der Waals surface area contributed by atoms with Gasteiger partial charge in [0.25, 0.3) is 0 Å². The quantitative estimate of drug-likeness (QED) is 0.883. The number of aliphatic hydroxyl groups excluding tert-OH is 1. The number of rotatable bonds is 5. The zero-order valence-electron chi connectivity index (χ0n) is 15.7. The van der Waals surface area contributed by atoms with Gasteiger partial charge in [0.05, 0.1) is 0 Å². The highest BCUT2D eigenvalue weighted by atomic mass is 16.6. The summed E-state index contributed by atoms with van der Waals surface area (Å²) < 4.78 is 11.1. The molecule has 0 saturated carbocycles. The number of nitrogens with zero attached hydrogens (tertiary/aromatic N) is 2. The number of para-hydroxylation sites is 1. The predicted octanol–water partition coefficient (Wildman–Crippen LogP) is 2.29. The SMILES string of the molecule is Cc1ccccc1OCC(O)CN1CCN(C(=O)OC(C)(C)C)CC1. The molecule has 1 saturated heterocycles. The fourth-order valence-corrected chi connectivity index (χ4v) is 2.69. The molecule has 1 fully saturated rings. The predicted molar refractivity (Wildman–Crippen MR) is 96.9 cm³/mol. The van der Waals surface area contributed by atoms with Crippen molar-refractivity contribution < 1.29 is 19.4 Å². The van der Waals surface area contributed by atoms with Crippen molar-refractivity contribution in [3.63, 3.8) is 0 Å². The maximum Gasteiger partial charge on any atom is 0.410 e. The molecular formula is C19H30N2O4. The lowest BCUT2D eigenvalue weighted by Crippen LogP contribution is -2.51. The third-order valence-electron chi connectivity index (χ3n) is 4.02. The zero-order valence-corrected chi connectivity index (χ0v) is 15.7. The van der Waals surface area contributed by atoms with E-state index in [0.29, 0.717) is 19.6 Å². The van der Waals surface area contributed by atoms with Crippen molar-refractivity contribution in [2.24, 2.45) is 0 Å². The van der Waals surface area contributed by atoms with Crippen LogP contribution in [0.1, 0.15) is 26.3 Å². The number of carbonyl (C=O) groups is 1. The summed E-state index contributed by atoms with van der Waals surface area (Å²) in [5.74, 6) is 0.802. The van der Waals surface area contributed by atoms with Gasteiger partial charge in [0.15, 0.2) is 0 Å². The summed E-state index contributed by atoms with van der Waals surface area (Å²) >= 11 is 0. The molecule has 0 bridgehead atoms. The lowest BCUT2D eigenvalue weighted by molar-refractivity contribution is 0.00711. The Morgan fingerprint density at radius 2 is 1.84 bits per heavy atom. The second kappa shape index (κ2) is 8.54. The van der Waals surface area contributed by atoms with Crippen LogP contribution in [0.3, 0.4) is 0 Å². The van der Waals surface area contributed by atoms with Crippen molar-refractivity contribution in [2.45, 2.75) is 39.4 Å². The summed E-state index contributed by atoms with van der Waals surface area (Å²) in [6.45, 7) is 11.1. The minimum Gasteiger partial charge on any atom is -0.491 e. The maximum absolute atomic E-state index is 12.0. The summed E-state index contributed by atoms with van der Waals surface area (Å²) in [5, 5.41) is 10.2. The second-order valence-electron chi connectivity index (χ2n) is 7.50. The summed E-state index contributed by atoms with van der Waals surface area (Å²) in [6, 6.07) is 7.77.